The molecular formula is C12H23NO5S. The lowest BCUT2D eigenvalue weighted by Crippen LogP contribution is -2.47. The van der Waals surface area contributed by atoms with Crippen molar-refractivity contribution in [3.63, 3.8) is 0 Å². The second-order valence-electron chi connectivity index (χ2n) is 6.08. The van der Waals surface area contributed by atoms with Crippen LogP contribution in [-0.2, 0) is 19.6 Å². The number of carboxylic acid groups (broad SMARTS) is 1. The first-order valence-electron chi connectivity index (χ1n) is 6.41. The molecule has 6 nitrogen and oxygen atoms in total. The number of hydrogen-bond acceptors (Lipinski definition) is 4. The van der Waals surface area contributed by atoms with Crippen LogP contribution in [-0.4, -0.2) is 55.4 Å². The van der Waals surface area contributed by atoms with Crippen LogP contribution in [0.1, 0.15) is 33.6 Å². The summed E-state index contributed by atoms with van der Waals surface area (Å²) in [6, 6.07) is 0. The molecule has 112 valence electrons. The molecule has 1 N–H and O–H groups in total. The second kappa shape index (κ2) is 6.19. The number of carbonyl (C=O) groups is 1. The molecule has 1 aliphatic heterocycles. The maximum Gasteiger partial charge on any atom is 0.306 e. The van der Waals surface area contributed by atoms with Gasteiger partial charge in [-0.25, -0.2) is 8.42 Å². The van der Waals surface area contributed by atoms with Crippen molar-refractivity contribution < 1.29 is 23.1 Å². The summed E-state index contributed by atoms with van der Waals surface area (Å²) in [6.07, 6.45) is -0.127. The molecule has 1 heterocycles. The highest BCUT2D eigenvalue weighted by Gasteiger charge is 2.31. The highest BCUT2D eigenvalue weighted by Crippen LogP contribution is 2.21. The van der Waals surface area contributed by atoms with Crippen molar-refractivity contribution in [3.05, 3.63) is 0 Å². The van der Waals surface area contributed by atoms with Crippen molar-refractivity contribution in [3.8, 4) is 0 Å². The van der Waals surface area contributed by atoms with Crippen LogP contribution in [0, 0.1) is 5.41 Å². The van der Waals surface area contributed by atoms with E-state index in [9.17, 15) is 13.2 Å². The average Bonchev–Trinajstić information content (AvgIpc) is 2.25. The van der Waals surface area contributed by atoms with Crippen LogP contribution in [0.15, 0.2) is 0 Å². The van der Waals surface area contributed by atoms with Gasteiger partial charge < -0.3 is 9.84 Å². The van der Waals surface area contributed by atoms with Crippen LogP contribution in [0.25, 0.3) is 0 Å². The molecular weight excluding hydrogens is 270 g/mol. The Bertz CT molecular complexity index is 412. The summed E-state index contributed by atoms with van der Waals surface area (Å²) in [7, 11) is -3.32. The lowest BCUT2D eigenvalue weighted by atomic mass is 9.94. The lowest BCUT2D eigenvalue weighted by Gasteiger charge is -2.32. The fourth-order valence-corrected chi connectivity index (χ4v) is 3.70. The topological polar surface area (TPSA) is 83.9 Å². The van der Waals surface area contributed by atoms with Gasteiger partial charge in [0.1, 0.15) is 0 Å². The third kappa shape index (κ3) is 5.88. The summed E-state index contributed by atoms with van der Waals surface area (Å²) in [4.78, 5) is 10.6. The number of hydrogen-bond donors (Lipinski definition) is 1. The SMILES string of the molecule is CC(C)(C)CCS(=O)(=O)N1CCOC(CC(=O)O)C1. The summed E-state index contributed by atoms with van der Waals surface area (Å²) < 4.78 is 31.0. The fraction of sp³-hybridized carbons (Fsp3) is 0.917. The number of sulfonamides is 1. The molecule has 0 aromatic carbocycles. The molecule has 1 aliphatic rings. The fourth-order valence-electron chi connectivity index (χ4n) is 1.83. The Morgan fingerprint density at radius 1 is 1.42 bits per heavy atom. The summed E-state index contributed by atoms with van der Waals surface area (Å²) in [5, 5.41) is 8.72. The van der Waals surface area contributed by atoms with E-state index < -0.39 is 22.1 Å². The van der Waals surface area contributed by atoms with E-state index in [1.807, 2.05) is 20.8 Å². The van der Waals surface area contributed by atoms with Crippen molar-refractivity contribution in [2.45, 2.75) is 39.7 Å². The Morgan fingerprint density at radius 3 is 2.58 bits per heavy atom. The quantitative estimate of drug-likeness (QED) is 0.815. The average molecular weight is 293 g/mol. The molecule has 0 bridgehead atoms. The highest BCUT2D eigenvalue weighted by atomic mass is 32.2. The number of ether oxygens (including phenoxy) is 1. The van der Waals surface area contributed by atoms with Gasteiger partial charge in [0.05, 0.1) is 24.9 Å². The number of rotatable bonds is 5. The highest BCUT2D eigenvalue weighted by molar-refractivity contribution is 7.89. The largest absolute Gasteiger partial charge is 0.481 e. The van der Waals surface area contributed by atoms with Crippen LogP contribution in [0.2, 0.25) is 0 Å². The maximum absolute atomic E-state index is 12.2. The van der Waals surface area contributed by atoms with Gasteiger partial charge in [-0.2, -0.15) is 4.31 Å². The van der Waals surface area contributed by atoms with Crippen LogP contribution in [0.5, 0.6) is 0 Å². The summed E-state index contributed by atoms with van der Waals surface area (Å²) in [5.41, 5.74) is -0.0418. The van der Waals surface area contributed by atoms with Crippen LogP contribution < -0.4 is 0 Å². The molecule has 1 unspecified atom stereocenters. The normalized spacial score (nSPS) is 22.4. The molecule has 1 atom stereocenters. The van der Waals surface area contributed by atoms with Gasteiger partial charge in [-0.1, -0.05) is 20.8 Å². The van der Waals surface area contributed by atoms with Crippen molar-refractivity contribution in [1.82, 2.24) is 4.31 Å². The van der Waals surface area contributed by atoms with Gasteiger partial charge in [-0.3, -0.25) is 4.79 Å². The van der Waals surface area contributed by atoms with E-state index in [1.165, 1.54) is 4.31 Å². The summed E-state index contributed by atoms with van der Waals surface area (Å²) >= 11 is 0. The molecule has 1 fully saturated rings. The molecule has 1 rings (SSSR count). The number of aliphatic carboxylic acids is 1. The first-order chi connectivity index (χ1) is 8.60. The molecule has 1 saturated heterocycles. The van der Waals surface area contributed by atoms with Crippen LogP contribution in [0.3, 0.4) is 0 Å². The number of morpholine rings is 1. The van der Waals surface area contributed by atoms with Crippen LogP contribution >= 0.6 is 0 Å². The maximum atomic E-state index is 12.2. The Morgan fingerprint density at radius 2 is 2.05 bits per heavy atom. The van der Waals surface area contributed by atoms with E-state index in [2.05, 4.69) is 0 Å². The Kier molecular flexibility index (Phi) is 5.34. The third-order valence-electron chi connectivity index (χ3n) is 3.01. The van der Waals surface area contributed by atoms with Gasteiger partial charge in [-0.15, -0.1) is 0 Å². The molecule has 0 aliphatic carbocycles. The zero-order valence-corrected chi connectivity index (χ0v) is 12.6. The molecule has 0 amide bonds. The van der Waals surface area contributed by atoms with E-state index in [-0.39, 0.29) is 30.7 Å². The van der Waals surface area contributed by atoms with Crippen molar-refractivity contribution in [2.24, 2.45) is 5.41 Å². The Hall–Kier alpha value is -0.660. The Balaban J connectivity index is 2.60. The van der Waals surface area contributed by atoms with Gasteiger partial charge in [-0.05, 0) is 11.8 Å². The molecule has 0 radical (unpaired) electrons. The minimum Gasteiger partial charge on any atom is -0.481 e. The van der Waals surface area contributed by atoms with E-state index in [0.29, 0.717) is 13.0 Å². The first kappa shape index (κ1) is 16.4. The predicted molar refractivity (Wildman–Crippen MR) is 71.4 cm³/mol. The smallest absolute Gasteiger partial charge is 0.306 e. The van der Waals surface area contributed by atoms with Crippen molar-refractivity contribution in [2.75, 3.05) is 25.4 Å². The predicted octanol–water partition coefficient (Wildman–Crippen LogP) is 0.928. The zero-order valence-electron chi connectivity index (χ0n) is 11.8. The third-order valence-corrected chi connectivity index (χ3v) is 4.85. The van der Waals surface area contributed by atoms with Gasteiger partial charge in [0.2, 0.25) is 10.0 Å². The molecule has 0 spiro atoms. The summed E-state index contributed by atoms with van der Waals surface area (Å²) in [6.45, 7) is 6.69. The number of nitrogens with zero attached hydrogens (tertiary/aromatic N) is 1. The van der Waals surface area contributed by atoms with E-state index in [0.717, 1.165) is 0 Å². The van der Waals surface area contributed by atoms with Crippen molar-refractivity contribution in [1.29, 1.82) is 0 Å². The molecule has 0 aromatic heterocycles. The molecule has 19 heavy (non-hydrogen) atoms. The van der Waals surface area contributed by atoms with Gasteiger partial charge in [0.15, 0.2) is 0 Å². The lowest BCUT2D eigenvalue weighted by molar-refractivity contribution is -0.141. The molecule has 7 heteroatoms. The standard InChI is InChI=1S/C12H23NO5S/c1-12(2,3)4-7-19(16,17)13-5-6-18-10(9-13)8-11(14)15/h10H,4-9H2,1-3H3,(H,14,15). The first-order valence-corrected chi connectivity index (χ1v) is 8.02. The van der Waals surface area contributed by atoms with Gasteiger partial charge in [0.25, 0.3) is 0 Å². The van der Waals surface area contributed by atoms with Gasteiger partial charge in [0, 0.05) is 13.1 Å². The minimum absolute atomic E-state index is 0.0418. The molecule has 0 aromatic rings. The number of carboxylic acids is 1. The Labute approximate surface area is 114 Å². The van der Waals surface area contributed by atoms with Gasteiger partial charge >= 0.3 is 5.97 Å². The monoisotopic (exact) mass is 293 g/mol. The molecule has 0 saturated carbocycles. The van der Waals surface area contributed by atoms with E-state index >= 15 is 0 Å². The summed E-state index contributed by atoms with van der Waals surface area (Å²) in [5.74, 6) is -0.880. The zero-order chi connectivity index (χ0) is 14.7. The van der Waals surface area contributed by atoms with E-state index in [4.69, 9.17) is 9.84 Å². The van der Waals surface area contributed by atoms with Crippen LogP contribution in [0.4, 0.5) is 0 Å². The second-order valence-corrected chi connectivity index (χ2v) is 8.16. The van der Waals surface area contributed by atoms with E-state index in [1.54, 1.807) is 0 Å². The van der Waals surface area contributed by atoms with Crippen molar-refractivity contribution >= 4 is 16.0 Å². The minimum atomic E-state index is -3.32.